The number of hydrogen-bond donors (Lipinski definition) is 1. The monoisotopic (exact) mass is 349 g/mol. The summed E-state index contributed by atoms with van der Waals surface area (Å²) in [5, 5.41) is 6.67. The van der Waals surface area contributed by atoms with E-state index in [4.69, 9.17) is 4.74 Å². The molecule has 8 heteroatoms. The molecule has 2 aromatic heterocycles. The fourth-order valence-electron chi connectivity index (χ4n) is 2.00. The van der Waals surface area contributed by atoms with Crippen LogP contribution < -0.4 is 5.32 Å². The van der Waals surface area contributed by atoms with Crippen molar-refractivity contribution in [1.29, 1.82) is 0 Å². The summed E-state index contributed by atoms with van der Waals surface area (Å²) in [4.78, 5) is 36.4. The summed E-state index contributed by atoms with van der Waals surface area (Å²) >= 11 is 1.34. The van der Waals surface area contributed by atoms with Gasteiger partial charge in [-0.1, -0.05) is 0 Å². The molecule has 2 aromatic rings. The Bertz CT molecular complexity index is 763. The van der Waals surface area contributed by atoms with Crippen LogP contribution in [0.4, 0.5) is 0 Å². The van der Waals surface area contributed by atoms with Gasteiger partial charge >= 0.3 is 5.97 Å². The lowest BCUT2D eigenvalue weighted by Crippen LogP contribution is -2.22. The first-order chi connectivity index (χ1) is 11.4. The smallest absolute Gasteiger partial charge is 0.342 e. The highest BCUT2D eigenvalue weighted by Gasteiger charge is 2.17. The lowest BCUT2D eigenvalue weighted by molar-refractivity contribution is -0.118. The highest BCUT2D eigenvalue weighted by atomic mass is 32.1. The van der Waals surface area contributed by atoms with Crippen molar-refractivity contribution in [3.63, 3.8) is 0 Å². The maximum atomic E-state index is 12.1. The van der Waals surface area contributed by atoms with Crippen LogP contribution in [0.25, 0.3) is 0 Å². The fraction of sp³-hybridized carbons (Fsp3) is 0.375. The lowest BCUT2D eigenvalue weighted by Gasteiger charge is -2.03. The molecule has 0 radical (unpaired) electrons. The lowest BCUT2D eigenvalue weighted by atomic mass is 10.2. The highest BCUT2D eigenvalue weighted by molar-refractivity contribution is 7.14. The number of amides is 1. The number of ketones is 1. The molecule has 0 bridgehead atoms. The average Bonchev–Trinajstić information content (AvgIpc) is 3.12. The summed E-state index contributed by atoms with van der Waals surface area (Å²) in [5.41, 5.74) is 1.04. The summed E-state index contributed by atoms with van der Waals surface area (Å²) in [6.45, 7) is 3.44. The number of aryl methyl sites for hydroxylation is 1. The molecule has 0 unspecified atom stereocenters. The van der Waals surface area contributed by atoms with Gasteiger partial charge in [0.15, 0.2) is 6.61 Å². The molecule has 0 fully saturated rings. The van der Waals surface area contributed by atoms with Crippen LogP contribution in [0.5, 0.6) is 0 Å². The molecule has 1 N–H and O–H groups in total. The molecule has 2 rings (SSSR count). The van der Waals surface area contributed by atoms with E-state index in [0.717, 1.165) is 4.88 Å². The van der Waals surface area contributed by atoms with E-state index in [1.807, 2.05) is 6.07 Å². The number of carbonyl (C=O) groups is 3. The van der Waals surface area contributed by atoms with Gasteiger partial charge in [0.1, 0.15) is 5.56 Å². The van der Waals surface area contributed by atoms with Crippen molar-refractivity contribution in [3.8, 4) is 0 Å². The molecule has 0 aliphatic carbocycles. The van der Waals surface area contributed by atoms with E-state index in [1.165, 1.54) is 24.5 Å². The summed E-state index contributed by atoms with van der Waals surface area (Å²) in [6, 6.07) is 3.55. The minimum absolute atomic E-state index is 0.0829. The second kappa shape index (κ2) is 7.87. The zero-order valence-corrected chi connectivity index (χ0v) is 14.6. The van der Waals surface area contributed by atoms with Gasteiger partial charge in [-0.2, -0.15) is 5.10 Å². The Balaban J connectivity index is 1.86. The maximum absolute atomic E-state index is 12.1. The third-order valence-corrected chi connectivity index (χ3v) is 4.66. The number of hydrogen-bond acceptors (Lipinski definition) is 6. The first-order valence-corrected chi connectivity index (χ1v) is 8.22. The maximum Gasteiger partial charge on any atom is 0.342 e. The topological polar surface area (TPSA) is 90.3 Å². The van der Waals surface area contributed by atoms with Crippen LogP contribution in [-0.4, -0.2) is 40.6 Å². The first kappa shape index (κ1) is 17.9. The molecule has 0 aromatic carbocycles. The molecular formula is C16H19N3O4S. The zero-order valence-electron chi connectivity index (χ0n) is 13.8. The van der Waals surface area contributed by atoms with E-state index >= 15 is 0 Å². The van der Waals surface area contributed by atoms with Gasteiger partial charge in [-0.25, -0.2) is 4.79 Å². The van der Waals surface area contributed by atoms with Crippen molar-refractivity contribution in [2.45, 2.75) is 20.3 Å². The molecule has 0 atom stereocenters. The molecule has 128 valence electrons. The van der Waals surface area contributed by atoms with Crippen molar-refractivity contribution in [2.75, 3.05) is 13.2 Å². The molecule has 0 saturated carbocycles. The standard InChI is InChI=1S/C16H19N3O4S/c1-10-13(8-18-19(10)3)16(22)23-9-14(21)15-5-4-12(24-15)6-7-17-11(2)20/h4-5,8H,6-7,9H2,1-3H3,(H,17,20). The molecule has 2 heterocycles. The van der Waals surface area contributed by atoms with Crippen LogP contribution in [-0.2, 0) is 23.0 Å². The van der Waals surface area contributed by atoms with Crippen molar-refractivity contribution in [2.24, 2.45) is 7.05 Å². The number of Topliss-reactive ketones (excluding diaryl/α,β-unsaturated/α-hetero) is 1. The summed E-state index contributed by atoms with van der Waals surface area (Å²) < 4.78 is 6.64. The Kier molecular flexibility index (Phi) is 5.86. The summed E-state index contributed by atoms with van der Waals surface area (Å²) in [5.74, 6) is -0.891. The molecule has 7 nitrogen and oxygen atoms in total. The van der Waals surface area contributed by atoms with E-state index in [9.17, 15) is 14.4 Å². The van der Waals surface area contributed by atoms with E-state index in [1.54, 1.807) is 24.7 Å². The predicted octanol–water partition coefficient (Wildman–Crippen LogP) is 1.51. The van der Waals surface area contributed by atoms with Crippen LogP contribution in [0.15, 0.2) is 18.3 Å². The highest BCUT2D eigenvalue weighted by Crippen LogP contribution is 2.18. The third kappa shape index (κ3) is 4.51. The molecule has 0 aliphatic rings. The van der Waals surface area contributed by atoms with Gasteiger partial charge in [-0.15, -0.1) is 11.3 Å². The van der Waals surface area contributed by atoms with Gasteiger partial charge in [0.05, 0.1) is 11.1 Å². The molecule has 0 spiro atoms. The Morgan fingerprint density at radius 2 is 2.08 bits per heavy atom. The van der Waals surface area contributed by atoms with Gasteiger partial charge in [-0.05, 0) is 25.5 Å². The van der Waals surface area contributed by atoms with Crippen LogP contribution in [0.1, 0.15) is 37.5 Å². The largest absolute Gasteiger partial charge is 0.454 e. The Labute approximate surface area is 143 Å². The Hall–Kier alpha value is -2.48. The molecule has 0 saturated heterocycles. The minimum Gasteiger partial charge on any atom is -0.454 e. The number of rotatable bonds is 7. The number of aromatic nitrogens is 2. The predicted molar refractivity (Wildman–Crippen MR) is 89.3 cm³/mol. The normalized spacial score (nSPS) is 10.5. The van der Waals surface area contributed by atoms with E-state index in [-0.39, 0.29) is 18.3 Å². The van der Waals surface area contributed by atoms with Gasteiger partial charge in [-0.3, -0.25) is 14.3 Å². The number of esters is 1. The number of carbonyl (C=O) groups excluding carboxylic acids is 3. The molecule has 0 aliphatic heterocycles. The minimum atomic E-state index is -0.559. The number of nitrogens with one attached hydrogen (secondary N) is 1. The second-order valence-electron chi connectivity index (χ2n) is 5.27. The zero-order chi connectivity index (χ0) is 17.7. The summed E-state index contributed by atoms with van der Waals surface area (Å²) in [7, 11) is 1.73. The van der Waals surface area contributed by atoms with Crippen LogP contribution in [0.3, 0.4) is 0 Å². The van der Waals surface area contributed by atoms with Crippen molar-refractivity contribution >= 4 is 29.0 Å². The second-order valence-corrected chi connectivity index (χ2v) is 6.43. The van der Waals surface area contributed by atoms with Crippen molar-refractivity contribution in [3.05, 3.63) is 39.3 Å². The quantitative estimate of drug-likeness (QED) is 0.604. The van der Waals surface area contributed by atoms with E-state index < -0.39 is 5.97 Å². The van der Waals surface area contributed by atoms with E-state index in [0.29, 0.717) is 29.1 Å². The van der Waals surface area contributed by atoms with Crippen LogP contribution >= 0.6 is 11.3 Å². The van der Waals surface area contributed by atoms with Gasteiger partial charge in [0.25, 0.3) is 0 Å². The Morgan fingerprint density at radius 3 is 2.71 bits per heavy atom. The van der Waals surface area contributed by atoms with Gasteiger partial charge in [0, 0.05) is 31.1 Å². The number of thiophene rings is 1. The fourth-order valence-corrected chi connectivity index (χ4v) is 2.93. The van der Waals surface area contributed by atoms with Crippen LogP contribution in [0.2, 0.25) is 0 Å². The Morgan fingerprint density at radius 1 is 1.33 bits per heavy atom. The van der Waals surface area contributed by atoms with Crippen molar-refractivity contribution in [1.82, 2.24) is 15.1 Å². The summed E-state index contributed by atoms with van der Waals surface area (Å²) in [6.07, 6.45) is 2.08. The molecular weight excluding hydrogens is 330 g/mol. The number of nitrogens with zero attached hydrogens (tertiary/aromatic N) is 2. The third-order valence-electron chi connectivity index (χ3n) is 3.47. The molecule has 1 amide bonds. The SMILES string of the molecule is CC(=O)NCCc1ccc(C(=O)COC(=O)c2cnn(C)c2C)s1. The van der Waals surface area contributed by atoms with Gasteiger partial charge < -0.3 is 10.1 Å². The van der Waals surface area contributed by atoms with Gasteiger partial charge in [0.2, 0.25) is 11.7 Å². The van der Waals surface area contributed by atoms with Crippen LogP contribution in [0, 0.1) is 6.92 Å². The average molecular weight is 349 g/mol. The number of ether oxygens (including phenoxy) is 1. The van der Waals surface area contributed by atoms with E-state index in [2.05, 4.69) is 10.4 Å². The van der Waals surface area contributed by atoms with Crippen molar-refractivity contribution < 1.29 is 19.1 Å². The first-order valence-electron chi connectivity index (χ1n) is 7.40. The molecule has 24 heavy (non-hydrogen) atoms.